The molecule has 112 valence electrons. The van der Waals surface area contributed by atoms with Gasteiger partial charge in [0, 0.05) is 11.7 Å². The van der Waals surface area contributed by atoms with Crippen molar-refractivity contribution in [3.63, 3.8) is 0 Å². The van der Waals surface area contributed by atoms with Crippen LogP contribution in [-0.2, 0) is 0 Å². The molecule has 4 fully saturated rings. The second-order valence-electron chi connectivity index (χ2n) is 7.46. The molecule has 5 rings (SSSR count). The van der Waals surface area contributed by atoms with Crippen molar-refractivity contribution in [1.82, 2.24) is 0 Å². The first-order valence-electron chi connectivity index (χ1n) is 8.32. The van der Waals surface area contributed by atoms with Gasteiger partial charge in [-0.1, -0.05) is 18.2 Å². The summed E-state index contributed by atoms with van der Waals surface area (Å²) in [6, 6.07) is 8.84. The van der Waals surface area contributed by atoms with Gasteiger partial charge in [0.2, 0.25) is 0 Å². The number of nitrogens with zero attached hydrogens (tertiary/aromatic N) is 1. The molecule has 0 radical (unpaired) electrons. The molecule has 4 aliphatic rings. The highest BCUT2D eigenvalue weighted by atomic mass is 15.3. The number of rotatable bonds is 2. The Labute approximate surface area is 127 Å². The Morgan fingerprint density at radius 1 is 1.05 bits per heavy atom. The van der Waals surface area contributed by atoms with E-state index < -0.39 is 0 Å². The summed E-state index contributed by atoms with van der Waals surface area (Å²) in [5, 5.41) is 8.17. The van der Waals surface area contributed by atoms with Gasteiger partial charge in [0.05, 0.1) is 0 Å². The molecular formula is C18H25N3. The van der Waals surface area contributed by atoms with Gasteiger partial charge in [0.25, 0.3) is 0 Å². The molecule has 0 heterocycles. The van der Waals surface area contributed by atoms with Crippen LogP contribution in [-0.4, -0.2) is 12.0 Å². The van der Waals surface area contributed by atoms with E-state index in [0.29, 0.717) is 6.04 Å². The molecule has 0 atom stereocenters. The summed E-state index contributed by atoms with van der Waals surface area (Å²) in [4.78, 5) is 2.16. The molecule has 0 unspecified atom stereocenters. The van der Waals surface area contributed by atoms with Gasteiger partial charge in [0.15, 0.2) is 5.96 Å². The van der Waals surface area contributed by atoms with Crippen LogP contribution in [0.5, 0.6) is 0 Å². The number of nitrogens with two attached hydrogens (primary N) is 1. The molecule has 0 saturated heterocycles. The molecule has 0 spiro atoms. The third-order valence-corrected chi connectivity index (χ3v) is 6.11. The minimum atomic E-state index is 0.224. The molecule has 21 heavy (non-hydrogen) atoms. The van der Waals surface area contributed by atoms with Gasteiger partial charge in [-0.3, -0.25) is 5.41 Å². The predicted molar refractivity (Wildman–Crippen MR) is 86.4 cm³/mol. The van der Waals surface area contributed by atoms with Crippen molar-refractivity contribution in [2.24, 2.45) is 29.4 Å². The number of hydrogen-bond acceptors (Lipinski definition) is 1. The Hall–Kier alpha value is -1.51. The van der Waals surface area contributed by atoms with E-state index in [1.165, 1.54) is 37.7 Å². The van der Waals surface area contributed by atoms with E-state index in [9.17, 15) is 0 Å². The van der Waals surface area contributed by atoms with E-state index in [0.717, 1.165) is 29.4 Å². The lowest BCUT2D eigenvalue weighted by Gasteiger charge is -2.57. The molecule has 3 heteroatoms. The Bertz CT molecular complexity index is 537. The van der Waals surface area contributed by atoms with Gasteiger partial charge in [-0.25, -0.2) is 0 Å². The quantitative estimate of drug-likeness (QED) is 0.644. The Balaban J connectivity index is 1.72. The number of aryl methyl sites for hydroxylation is 1. The fourth-order valence-corrected chi connectivity index (χ4v) is 5.60. The van der Waals surface area contributed by atoms with Crippen molar-refractivity contribution in [2.45, 2.75) is 45.1 Å². The average molecular weight is 283 g/mol. The van der Waals surface area contributed by atoms with Crippen molar-refractivity contribution in [2.75, 3.05) is 4.90 Å². The average Bonchev–Trinajstić information content (AvgIpc) is 2.43. The molecule has 3 N–H and O–H groups in total. The second kappa shape index (κ2) is 4.75. The second-order valence-corrected chi connectivity index (χ2v) is 7.46. The van der Waals surface area contributed by atoms with Crippen LogP contribution in [0.4, 0.5) is 5.69 Å². The first-order chi connectivity index (χ1) is 10.1. The normalized spacial score (nSPS) is 36.7. The third-order valence-electron chi connectivity index (χ3n) is 6.11. The molecule has 0 aromatic heterocycles. The van der Waals surface area contributed by atoms with E-state index in [-0.39, 0.29) is 5.96 Å². The minimum absolute atomic E-state index is 0.224. The van der Waals surface area contributed by atoms with Crippen molar-refractivity contribution in [1.29, 1.82) is 5.41 Å². The Morgan fingerprint density at radius 2 is 1.62 bits per heavy atom. The molecule has 0 amide bonds. The van der Waals surface area contributed by atoms with Crippen LogP contribution in [0.1, 0.15) is 37.7 Å². The number of para-hydroxylation sites is 1. The minimum Gasteiger partial charge on any atom is -0.370 e. The summed E-state index contributed by atoms with van der Waals surface area (Å²) < 4.78 is 0. The van der Waals surface area contributed by atoms with Crippen molar-refractivity contribution < 1.29 is 0 Å². The van der Waals surface area contributed by atoms with Crippen LogP contribution in [0.3, 0.4) is 0 Å². The van der Waals surface area contributed by atoms with Gasteiger partial charge in [0.1, 0.15) is 0 Å². The lowest BCUT2D eigenvalue weighted by atomic mass is 9.54. The largest absolute Gasteiger partial charge is 0.370 e. The maximum absolute atomic E-state index is 8.17. The van der Waals surface area contributed by atoms with E-state index >= 15 is 0 Å². The highest BCUT2D eigenvalue weighted by Gasteiger charge is 2.50. The molecule has 4 saturated carbocycles. The van der Waals surface area contributed by atoms with Crippen LogP contribution in [0.2, 0.25) is 0 Å². The first kappa shape index (κ1) is 13.2. The van der Waals surface area contributed by atoms with Crippen LogP contribution < -0.4 is 10.6 Å². The Morgan fingerprint density at radius 3 is 2.14 bits per heavy atom. The fraction of sp³-hybridized carbons (Fsp3) is 0.611. The summed E-state index contributed by atoms with van der Waals surface area (Å²) in [5.74, 6) is 3.61. The number of nitrogens with one attached hydrogen (secondary N) is 1. The zero-order valence-electron chi connectivity index (χ0n) is 12.8. The SMILES string of the molecule is Cc1ccccc1N(C(=N)N)C1C2CC3CC(C2)CC1C3. The molecule has 4 aliphatic carbocycles. The van der Waals surface area contributed by atoms with Crippen molar-refractivity contribution in [3.8, 4) is 0 Å². The zero-order chi connectivity index (χ0) is 14.6. The lowest BCUT2D eigenvalue weighted by molar-refractivity contribution is 0.00126. The topological polar surface area (TPSA) is 53.1 Å². The number of benzene rings is 1. The standard InChI is InChI=1S/C18H25N3/c1-11-4-2-3-5-16(11)21(18(19)20)17-14-7-12-6-13(9-14)10-15(17)8-12/h2-5,12-15,17H,6-10H2,1H3,(H3,19,20). The predicted octanol–water partition coefficient (Wildman–Crippen LogP) is 3.52. The summed E-state index contributed by atoms with van der Waals surface area (Å²) >= 11 is 0. The summed E-state index contributed by atoms with van der Waals surface area (Å²) in [5.41, 5.74) is 8.39. The van der Waals surface area contributed by atoms with Gasteiger partial charge in [-0.2, -0.15) is 0 Å². The van der Waals surface area contributed by atoms with Crippen molar-refractivity contribution in [3.05, 3.63) is 29.8 Å². The van der Waals surface area contributed by atoms with Crippen LogP contribution in [0, 0.1) is 36.0 Å². The first-order valence-corrected chi connectivity index (χ1v) is 8.32. The van der Waals surface area contributed by atoms with Crippen LogP contribution in [0.25, 0.3) is 0 Å². The molecule has 0 aliphatic heterocycles. The van der Waals surface area contributed by atoms with Crippen LogP contribution in [0.15, 0.2) is 24.3 Å². The number of hydrogen-bond donors (Lipinski definition) is 2. The summed E-state index contributed by atoms with van der Waals surface area (Å²) in [6.45, 7) is 2.13. The van der Waals surface area contributed by atoms with E-state index in [1.807, 2.05) is 0 Å². The highest BCUT2D eigenvalue weighted by molar-refractivity contribution is 5.94. The van der Waals surface area contributed by atoms with Crippen molar-refractivity contribution >= 4 is 11.6 Å². The molecular weight excluding hydrogens is 258 g/mol. The molecule has 1 aromatic rings. The fourth-order valence-electron chi connectivity index (χ4n) is 5.60. The van der Waals surface area contributed by atoms with E-state index in [2.05, 4.69) is 36.1 Å². The maximum atomic E-state index is 8.17. The monoisotopic (exact) mass is 283 g/mol. The maximum Gasteiger partial charge on any atom is 0.193 e. The van der Waals surface area contributed by atoms with Crippen LogP contribution >= 0.6 is 0 Å². The van der Waals surface area contributed by atoms with Gasteiger partial charge < -0.3 is 10.6 Å². The summed E-state index contributed by atoms with van der Waals surface area (Å²) in [6.07, 6.45) is 6.88. The Kier molecular flexibility index (Phi) is 2.98. The van der Waals surface area contributed by atoms with E-state index in [4.69, 9.17) is 11.1 Å². The molecule has 4 bridgehead atoms. The zero-order valence-corrected chi connectivity index (χ0v) is 12.8. The van der Waals surface area contributed by atoms with Gasteiger partial charge in [-0.15, -0.1) is 0 Å². The number of anilines is 1. The molecule has 1 aromatic carbocycles. The van der Waals surface area contributed by atoms with Gasteiger partial charge >= 0.3 is 0 Å². The lowest BCUT2D eigenvalue weighted by Crippen LogP contribution is -2.59. The third kappa shape index (κ3) is 2.05. The van der Waals surface area contributed by atoms with Gasteiger partial charge in [-0.05, 0) is 74.3 Å². The van der Waals surface area contributed by atoms with E-state index in [1.54, 1.807) is 0 Å². The number of guanidine groups is 1. The highest BCUT2D eigenvalue weighted by Crippen LogP contribution is 2.55. The summed E-state index contributed by atoms with van der Waals surface area (Å²) in [7, 11) is 0. The molecule has 3 nitrogen and oxygen atoms in total. The smallest absolute Gasteiger partial charge is 0.193 e.